The van der Waals surface area contributed by atoms with Gasteiger partial charge in [-0.25, -0.2) is 9.17 Å². The first kappa shape index (κ1) is 18.3. The Balaban J connectivity index is 1.76. The lowest BCUT2D eigenvalue weighted by molar-refractivity contribution is -0.0828. The minimum atomic E-state index is -3.90. The molecule has 3 rings (SSSR count). The summed E-state index contributed by atoms with van der Waals surface area (Å²) in [4.78, 5) is 6.42. The summed E-state index contributed by atoms with van der Waals surface area (Å²) in [6.07, 6.45) is 0.817. The lowest BCUT2D eigenvalue weighted by Gasteiger charge is -2.33. The number of morpholine rings is 1. The standard InChI is InChI=1S/C17H19BrN2O4S/c1-12-3-4-15(13(2)9-12)25(21,22)24-17-11-20(7-8-23-17)16-10-14(18)5-6-19-16/h3-6,9-10,17H,7-8,11H2,1-2H3. The van der Waals surface area contributed by atoms with E-state index < -0.39 is 16.4 Å². The zero-order valence-corrected chi connectivity index (χ0v) is 16.4. The Bertz CT molecular complexity index is 873. The number of rotatable bonds is 4. The monoisotopic (exact) mass is 426 g/mol. The maximum absolute atomic E-state index is 12.6. The fourth-order valence-corrected chi connectivity index (χ4v) is 4.24. The van der Waals surface area contributed by atoms with Crippen LogP contribution in [0.2, 0.25) is 0 Å². The van der Waals surface area contributed by atoms with Gasteiger partial charge in [0.1, 0.15) is 5.82 Å². The van der Waals surface area contributed by atoms with Gasteiger partial charge in [-0.3, -0.25) is 0 Å². The molecule has 0 saturated carbocycles. The molecule has 1 aromatic heterocycles. The second kappa shape index (κ2) is 7.41. The second-order valence-electron chi connectivity index (χ2n) is 5.90. The normalized spacial score (nSPS) is 18.4. The summed E-state index contributed by atoms with van der Waals surface area (Å²) in [6, 6.07) is 8.85. The maximum atomic E-state index is 12.6. The van der Waals surface area contributed by atoms with Gasteiger partial charge in [0.25, 0.3) is 10.1 Å². The van der Waals surface area contributed by atoms with E-state index in [9.17, 15) is 8.42 Å². The first-order chi connectivity index (χ1) is 11.8. The highest BCUT2D eigenvalue weighted by Crippen LogP contribution is 2.24. The first-order valence-corrected chi connectivity index (χ1v) is 10.0. The van der Waals surface area contributed by atoms with Crippen molar-refractivity contribution in [1.29, 1.82) is 0 Å². The number of aromatic nitrogens is 1. The van der Waals surface area contributed by atoms with E-state index in [0.29, 0.717) is 18.7 Å². The molecule has 1 aliphatic heterocycles. The molecule has 0 N–H and O–H groups in total. The van der Waals surface area contributed by atoms with E-state index in [1.807, 2.05) is 30.0 Å². The minimum Gasteiger partial charge on any atom is -0.349 e. The third-order valence-electron chi connectivity index (χ3n) is 3.90. The number of nitrogens with zero attached hydrogens (tertiary/aromatic N) is 2. The van der Waals surface area contributed by atoms with Gasteiger partial charge >= 0.3 is 0 Å². The van der Waals surface area contributed by atoms with Gasteiger partial charge in [0.05, 0.1) is 18.0 Å². The minimum absolute atomic E-state index is 0.166. The molecule has 0 aliphatic carbocycles. The smallest absolute Gasteiger partial charge is 0.299 e. The molecular weight excluding hydrogens is 408 g/mol. The highest BCUT2D eigenvalue weighted by atomic mass is 79.9. The molecular formula is C17H19BrN2O4S. The summed E-state index contributed by atoms with van der Waals surface area (Å²) in [5.74, 6) is 0.746. The Labute approximate surface area is 156 Å². The SMILES string of the molecule is Cc1ccc(S(=O)(=O)OC2CN(c3cc(Br)ccn3)CCO2)c(C)c1. The largest absolute Gasteiger partial charge is 0.349 e. The summed E-state index contributed by atoms with van der Waals surface area (Å²) in [7, 11) is -3.90. The van der Waals surface area contributed by atoms with Crippen molar-refractivity contribution < 1.29 is 17.3 Å². The molecule has 0 radical (unpaired) electrons. The molecule has 1 fully saturated rings. The summed E-state index contributed by atoms with van der Waals surface area (Å²) in [5.41, 5.74) is 1.65. The first-order valence-electron chi connectivity index (χ1n) is 7.84. The summed E-state index contributed by atoms with van der Waals surface area (Å²) >= 11 is 3.41. The molecule has 2 aromatic rings. The number of aryl methyl sites for hydroxylation is 2. The van der Waals surface area contributed by atoms with Crippen molar-refractivity contribution in [3.8, 4) is 0 Å². The number of hydrogen-bond donors (Lipinski definition) is 0. The third-order valence-corrected chi connectivity index (χ3v) is 5.86. The molecule has 0 bridgehead atoms. The second-order valence-corrected chi connectivity index (χ2v) is 8.35. The van der Waals surface area contributed by atoms with E-state index in [1.54, 1.807) is 25.3 Å². The number of ether oxygens (including phenoxy) is 1. The highest BCUT2D eigenvalue weighted by Gasteiger charge is 2.29. The number of pyridine rings is 1. The van der Waals surface area contributed by atoms with E-state index in [0.717, 1.165) is 15.9 Å². The van der Waals surface area contributed by atoms with Gasteiger partial charge in [-0.1, -0.05) is 33.6 Å². The van der Waals surface area contributed by atoms with Gasteiger partial charge in [-0.2, -0.15) is 8.42 Å². The molecule has 8 heteroatoms. The molecule has 134 valence electrons. The van der Waals surface area contributed by atoms with Crippen LogP contribution in [0.4, 0.5) is 5.82 Å². The van der Waals surface area contributed by atoms with Crippen LogP contribution in [0.1, 0.15) is 11.1 Å². The predicted molar refractivity (Wildman–Crippen MR) is 98.1 cm³/mol. The van der Waals surface area contributed by atoms with Crippen molar-refractivity contribution >= 4 is 31.9 Å². The van der Waals surface area contributed by atoms with Gasteiger partial charge in [-0.05, 0) is 37.6 Å². The van der Waals surface area contributed by atoms with Gasteiger partial charge in [-0.15, -0.1) is 0 Å². The zero-order valence-electron chi connectivity index (χ0n) is 14.0. The van der Waals surface area contributed by atoms with Gasteiger partial charge in [0, 0.05) is 17.2 Å². The Morgan fingerprint density at radius 3 is 2.80 bits per heavy atom. The molecule has 1 unspecified atom stereocenters. The van der Waals surface area contributed by atoms with Crippen LogP contribution >= 0.6 is 15.9 Å². The van der Waals surface area contributed by atoms with Gasteiger partial charge in [0.15, 0.2) is 6.29 Å². The van der Waals surface area contributed by atoms with Crippen molar-refractivity contribution in [1.82, 2.24) is 4.98 Å². The molecule has 1 saturated heterocycles. The third kappa shape index (κ3) is 4.38. The Morgan fingerprint density at radius 1 is 1.28 bits per heavy atom. The van der Waals surface area contributed by atoms with Crippen LogP contribution in [0.5, 0.6) is 0 Å². The fraction of sp³-hybridized carbons (Fsp3) is 0.353. The van der Waals surface area contributed by atoms with E-state index in [4.69, 9.17) is 8.92 Å². The average molecular weight is 427 g/mol. The van der Waals surface area contributed by atoms with Crippen LogP contribution in [-0.2, 0) is 19.0 Å². The molecule has 1 aliphatic rings. The van der Waals surface area contributed by atoms with Crippen LogP contribution in [0, 0.1) is 13.8 Å². The molecule has 1 aromatic carbocycles. The lowest BCUT2D eigenvalue weighted by Crippen LogP contribution is -2.44. The lowest BCUT2D eigenvalue weighted by atomic mass is 10.2. The Morgan fingerprint density at radius 2 is 2.08 bits per heavy atom. The van der Waals surface area contributed by atoms with Crippen molar-refractivity contribution in [3.63, 3.8) is 0 Å². The molecule has 2 heterocycles. The van der Waals surface area contributed by atoms with E-state index in [2.05, 4.69) is 20.9 Å². The Kier molecular flexibility index (Phi) is 5.43. The van der Waals surface area contributed by atoms with Crippen LogP contribution < -0.4 is 4.90 Å². The van der Waals surface area contributed by atoms with Crippen LogP contribution in [0.25, 0.3) is 0 Å². The predicted octanol–water partition coefficient (Wildman–Crippen LogP) is 3.03. The average Bonchev–Trinajstić information content (AvgIpc) is 2.54. The molecule has 0 amide bonds. The van der Waals surface area contributed by atoms with Gasteiger partial charge < -0.3 is 9.64 Å². The maximum Gasteiger partial charge on any atom is 0.299 e. The molecule has 6 nitrogen and oxygen atoms in total. The summed E-state index contributed by atoms with van der Waals surface area (Å²) in [6.45, 7) is 4.93. The summed E-state index contributed by atoms with van der Waals surface area (Å²) < 4.78 is 36.9. The zero-order chi connectivity index (χ0) is 18.0. The van der Waals surface area contributed by atoms with E-state index >= 15 is 0 Å². The molecule has 1 atom stereocenters. The van der Waals surface area contributed by atoms with Crippen molar-refractivity contribution in [3.05, 3.63) is 52.1 Å². The van der Waals surface area contributed by atoms with Crippen molar-refractivity contribution in [2.45, 2.75) is 25.0 Å². The topological polar surface area (TPSA) is 68.7 Å². The number of halogens is 1. The highest BCUT2D eigenvalue weighted by molar-refractivity contribution is 9.10. The van der Waals surface area contributed by atoms with E-state index in [-0.39, 0.29) is 11.4 Å². The number of benzene rings is 1. The van der Waals surface area contributed by atoms with Crippen LogP contribution in [-0.4, -0.2) is 39.4 Å². The van der Waals surface area contributed by atoms with E-state index in [1.165, 1.54) is 0 Å². The molecule has 0 spiro atoms. The van der Waals surface area contributed by atoms with Gasteiger partial charge in [0.2, 0.25) is 0 Å². The molecule has 25 heavy (non-hydrogen) atoms. The van der Waals surface area contributed by atoms with Crippen molar-refractivity contribution in [2.24, 2.45) is 0 Å². The Hall–Kier alpha value is -1.48. The van der Waals surface area contributed by atoms with Crippen LogP contribution in [0.3, 0.4) is 0 Å². The van der Waals surface area contributed by atoms with Crippen LogP contribution in [0.15, 0.2) is 45.9 Å². The number of anilines is 1. The summed E-state index contributed by atoms with van der Waals surface area (Å²) in [5, 5.41) is 0. The van der Waals surface area contributed by atoms with Crippen molar-refractivity contribution in [2.75, 3.05) is 24.6 Å². The quantitative estimate of drug-likeness (QED) is 0.699. The number of hydrogen-bond acceptors (Lipinski definition) is 6. The fourth-order valence-electron chi connectivity index (χ4n) is 2.72.